The molecule has 0 radical (unpaired) electrons. The van der Waals surface area contributed by atoms with Crippen molar-refractivity contribution in [3.63, 3.8) is 0 Å². The number of rotatable bonds is 6. The Balaban J connectivity index is 2.40. The second-order valence-corrected chi connectivity index (χ2v) is 5.24. The molecule has 1 aromatic heterocycles. The van der Waals surface area contributed by atoms with Gasteiger partial charge in [0.15, 0.2) is 0 Å². The lowest BCUT2D eigenvalue weighted by Gasteiger charge is -2.15. The molecule has 0 bridgehead atoms. The fourth-order valence-electron chi connectivity index (χ4n) is 1.38. The summed E-state index contributed by atoms with van der Waals surface area (Å²) in [6.45, 7) is 10.00. The maximum atomic E-state index is 9.62. The van der Waals surface area contributed by atoms with E-state index in [1.807, 2.05) is 6.20 Å². The zero-order chi connectivity index (χ0) is 12.2. The van der Waals surface area contributed by atoms with Crippen molar-refractivity contribution >= 4 is 0 Å². The molecular formula is C11H22N4O. The van der Waals surface area contributed by atoms with Gasteiger partial charge in [0.25, 0.3) is 0 Å². The van der Waals surface area contributed by atoms with Crippen LogP contribution in [0.25, 0.3) is 0 Å². The quantitative estimate of drug-likeness (QED) is 0.753. The Morgan fingerprint density at radius 1 is 1.50 bits per heavy atom. The van der Waals surface area contributed by atoms with Crippen molar-refractivity contribution in [2.75, 3.05) is 6.54 Å². The van der Waals surface area contributed by atoms with Gasteiger partial charge in [-0.3, -0.25) is 0 Å². The molecule has 0 amide bonds. The van der Waals surface area contributed by atoms with Crippen molar-refractivity contribution in [1.29, 1.82) is 0 Å². The Hall–Kier alpha value is -0.940. The largest absolute Gasteiger partial charge is 0.389 e. The molecule has 0 aromatic carbocycles. The van der Waals surface area contributed by atoms with Gasteiger partial charge in [-0.05, 0) is 26.3 Å². The highest BCUT2D eigenvalue weighted by atomic mass is 16.3. The first-order chi connectivity index (χ1) is 7.37. The first-order valence-corrected chi connectivity index (χ1v) is 5.69. The first-order valence-electron chi connectivity index (χ1n) is 5.69. The second-order valence-electron chi connectivity index (χ2n) is 5.24. The van der Waals surface area contributed by atoms with Crippen LogP contribution in [0.4, 0.5) is 0 Å². The highest BCUT2D eigenvalue weighted by molar-refractivity contribution is 4.92. The standard InChI is InChI=1S/C11H22N4O/c1-9(2)5-12-6-10-7-15(14-13-10)8-11(3,4)16/h7,9,12,16H,5-6,8H2,1-4H3. The maximum absolute atomic E-state index is 9.62. The summed E-state index contributed by atoms with van der Waals surface area (Å²) in [5.41, 5.74) is 0.154. The fraction of sp³-hybridized carbons (Fsp3) is 0.818. The number of aromatic nitrogens is 3. The van der Waals surface area contributed by atoms with E-state index in [9.17, 15) is 5.11 Å². The summed E-state index contributed by atoms with van der Waals surface area (Å²) in [6.07, 6.45) is 1.87. The minimum absolute atomic E-state index is 0.462. The number of nitrogens with zero attached hydrogens (tertiary/aromatic N) is 3. The van der Waals surface area contributed by atoms with Gasteiger partial charge in [0.2, 0.25) is 0 Å². The summed E-state index contributed by atoms with van der Waals surface area (Å²) in [4.78, 5) is 0. The fourth-order valence-corrected chi connectivity index (χ4v) is 1.38. The lowest BCUT2D eigenvalue weighted by atomic mass is 10.1. The molecule has 0 saturated heterocycles. The molecule has 5 heteroatoms. The molecule has 2 N–H and O–H groups in total. The molecule has 0 aliphatic carbocycles. The molecule has 0 saturated carbocycles. The second kappa shape index (κ2) is 5.41. The van der Waals surface area contributed by atoms with E-state index < -0.39 is 5.60 Å². The molecule has 5 nitrogen and oxygen atoms in total. The number of aliphatic hydroxyl groups is 1. The average molecular weight is 226 g/mol. The van der Waals surface area contributed by atoms with E-state index in [1.54, 1.807) is 18.5 Å². The topological polar surface area (TPSA) is 63.0 Å². The summed E-state index contributed by atoms with van der Waals surface area (Å²) in [5, 5.41) is 20.9. The Bertz CT molecular complexity index is 314. The molecule has 16 heavy (non-hydrogen) atoms. The van der Waals surface area contributed by atoms with Crippen LogP contribution in [0.5, 0.6) is 0 Å². The number of nitrogens with one attached hydrogen (secondary N) is 1. The lowest BCUT2D eigenvalue weighted by molar-refractivity contribution is 0.0571. The summed E-state index contributed by atoms with van der Waals surface area (Å²) in [6, 6.07) is 0. The van der Waals surface area contributed by atoms with Crippen LogP contribution in [-0.2, 0) is 13.1 Å². The van der Waals surface area contributed by atoms with Crippen LogP contribution in [0.2, 0.25) is 0 Å². The Kier molecular flexibility index (Phi) is 4.44. The molecule has 0 aliphatic heterocycles. The maximum Gasteiger partial charge on any atom is 0.0964 e. The highest BCUT2D eigenvalue weighted by Crippen LogP contribution is 2.04. The van der Waals surface area contributed by atoms with Gasteiger partial charge in [0.1, 0.15) is 0 Å². The molecule has 0 fully saturated rings. The Morgan fingerprint density at radius 3 is 2.75 bits per heavy atom. The summed E-state index contributed by atoms with van der Waals surface area (Å²) in [7, 11) is 0. The smallest absolute Gasteiger partial charge is 0.0964 e. The molecule has 92 valence electrons. The Morgan fingerprint density at radius 2 is 2.19 bits per heavy atom. The molecule has 1 aromatic rings. The molecular weight excluding hydrogens is 204 g/mol. The van der Waals surface area contributed by atoms with E-state index in [-0.39, 0.29) is 0 Å². The minimum Gasteiger partial charge on any atom is -0.389 e. The van der Waals surface area contributed by atoms with Gasteiger partial charge in [0, 0.05) is 12.7 Å². The summed E-state index contributed by atoms with van der Waals surface area (Å²) >= 11 is 0. The van der Waals surface area contributed by atoms with Gasteiger partial charge in [-0.25, -0.2) is 4.68 Å². The van der Waals surface area contributed by atoms with Crippen molar-refractivity contribution in [2.45, 2.75) is 46.4 Å². The van der Waals surface area contributed by atoms with E-state index in [2.05, 4.69) is 29.5 Å². The molecule has 1 rings (SSSR count). The zero-order valence-corrected chi connectivity index (χ0v) is 10.6. The third kappa shape index (κ3) is 5.23. The van der Waals surface area contributed by atoms with Gasteiger partial charge in [-0.1, -0.05) is 19.1 Å². The highest BCUT2D eigenvalue weighted by Gasteiger charge is 2.14. The zero-order valence-electron chi connectivity index (χ0n) is 10.6. The van der Waals surface area contributed by atoms with Crippen LogP contribution in [0.3, 0.4) is 0 Å². The molecule has 0 spiro atoms. The average Bonchev–Trinajstić information content (AvgIpc) is 2.48. The van der Waals surface area contributed by atoms with E-state index >= 15 is 0 Å². The van der Waals surface area contributed by atoms with Crippen molar-refractivity contribution < 1.29 is 5.11 Å². The van der Waals surface area contributed by atoms with Crippen LogP contribution in [0, 0.1) is 5.92 Å². The molecule has 1 heterocycles. The minimum atomic E-state index is -0.754. The molecule has 0 atom stereocenters. The van der Waals surface area contributed by atoms with E-state index in [4.69, 9.17) is 0 Å². The van der Waals surface area contributed by atoms with Crippen LogP contribution in [0.1, 0.15) is 33.4 Å². The van der Waals surface area contributed by atoms with Crippen LogP contribution in [0.15, 0.2) is 6.20 Å². The lowest BCUT2D eigenvalue weighted by Crippen LogP contribution is -2.26. The predicted molar refractivity (Wildman–Crippen MR) is 62.9 cm³/mol. The summed E-state index contributed by atoms with van der Waals surface area (Å²) < 4.78 is 1.67. The van der Waals surface area contributed by atoms with Crippen LogP contribution < -0.4 is 5.32 Å². The monoisotopic (exact) mass is 226 g/mol. The number of hydrogen-bond donors (Lipinski definition) is 2. The Labute approximate surface area is 96.9 Å². The van der Waals surface area contributed by atoms with Crippen molar-refractivity contribution in [1.82, 2.24) is 20.3 Å². The van der Waals surface area contributed by atoms with Crippen LogP contribution in [-0.4, -0.2) is 32.2 Å². The van der Waals surface area contributed by atoms with Gasteiger partial charge < -0.3 is 10.4 Å². The summed E-state index contributed by atoms with van der Waals surface area (Å²) in [5.74, 6) is 0.631. The molecule has 0 aliphatic rings. The van der Waals surface area contributed by atoms with Gasteiger partial charge in [0.05, 0.1) is 17.8 Å². The van der Waals surface area contributed by atoms with Crippen molar-refractivity contribution in [3.8, 4) is 0 Å². The third-order valence-electron chi connectivity index (χ3n) is 1.99. The van der Waals surface area contributed by atoms with Gasteiger partial charge in [-0.15, -0.1) is 5.10 Å². The van der Waals surface area contributed by atoms with E-state index in [0.717, 1.165) is 18.8 Å². The SMILES string of the molecule is CC(C)CNCc1cn(CC(C)(C)O)nn1. The predicted octanol–water partition coefficient (Wildman–Crippen LogP) is 0.795. The normalized spacial score (nSPS) is 12.4. The van der Waals surface area contributed by atoms with E-state index in [0.29, 0.717) is 12.5 Å². The van der Waals surface area contributed by atoms with Crippen LogP contribution >= 0.6 is 0 Å². The molecule has 0 unspecified atom stereocenters. The first kappa shape index (κ1) is 13.1. The van der Waals surface area contributed by atoms with Crippen molar-refractivity contribution in [3.05, 3.63) is 11.9 Å². The van der Waals surface area contributed by atoms with Gasteiger partial charge in [-0.2, -0.15) is 0 Å². The van der Waals surface area contributed by atoms with Crippen molar-refractivity contribution in [2.24, 2.45) is 5.92 Å². The van der Waals surface area contributed by atoms with Gasteiger partial charge >= 0.3 is 0 Å². The number of hydrogen-bond acceptors (Lipinski definition) is 4. The van der Waals surface area contributed by atoms with E-state index in [1.165, 1.54) is 0 Å². The third-order valence-corrected chi connectivity index (χ3v) is 1.99.